The molecule has 4 nitrogen and oxygen atoms in total. The minimum atomic E-state index is 0.0793. The van der Waals surface area contributed by atoms with E-state index < -0.39 is 0 Å². The van der Waals surface area contributed by atoms with Crippen molar-refractivity contribution in [3.63, 3.8) is 0 Å². The van der Waals surface area contributed by atoms with Crippen LogP contribution in [0.15, 0.2) is 66.7 Å². The maximum Gasteiger partial charge on any atom is 0.227 e. The molecular formula is C24H24N2O2. The standard InChI is InChI=1S/C24H24N2O2/c1-18(27)20-8-10-23(11-9-20)25-12-14-26(15-13-25)24(28)17-19-6-7-21-4-2-3-5-22(21)16-19/h2-11,16H,12-15,17H2,1H3. The Hall–Kier alpha value is -3.14. The van der Waals surface area contributed by atoms with E-state index in [1.54, 1.807) is 6.92 Å². The minimum absolute atomic E-state index is 0.0793. The molecule has 1 fully saturated rings. The van der Waals surface area contributed by atoms with Crippen molar-refractivity contribution >= 4 is 28.2 Å². The summed E-state index contributed by atoms with van der Waals surface area (Å²) in [4.78, 5) is 28.4. The molecule has 1 heterocycles. The van der Waals surface area contributed by atoms with Crippen LogP contribution < -0.4 is 4.90 Å². The van der Waals surface area contributed by atoms with Gasteiger partial charge in [-0.3, -0.25) is 9.59 Å². The largest absolute Gasteiger partial charge is 0.368 e. The van der Waals surface area contributed by atoms with E-state index in [1.807, 2.05) is 47.4 Å². The van der Waals surface area contributed by atoms with E-state index in [1.165, 1.54) is 10.8 Å². The lowest BCUT2D eigenvalue weighted by Crippen LogP contribution is -2.49. The Balaban J connectivity index is 1.36. The number of carbonyl (C=O) groups excluding carboxylic acids is 2. The van der Waals surface area contributed by atoms with Crippen molar-refractivity contribution in [2.75, 3.05) is 31.1 Å². The average Bonchev–Trinajstić information content (AvgIpc) is 2.74. The number of ketones is 1. The summed E-state index contributed by atoms with van der Waals surface area (Å²) >= 11 is 0. The van der Waals surface area contributed by atoms with Crippen molar-refractivity contribution in [3.05, 3.63) is 77.9 Å². The summed E-state index contributed by atoms with van der Waals surface area (Å²) in [6.45, 7) is 4.64. The van der Waals surface area contributed by atoms with Crippen LogP contribution in [0.3, 0.4) is 0 Å². The molecule has 1 aliphatic rings. The third-order valence-electron chi connectivity index (χ3n) is 5.44. The van der Waals surface area contributed by atoms with Crippen molar-refractivity contribution < 1.29 is 9.59 Å². The molecule has 0 aromatic heterocycles. The van der Waals surface area contributed by atoms with Crippen LogP contribution in [-0.4, -0.2) is 42.8 Å². The van der Waals surface area contributed by atoms with Gasteiger partial charge in [-0.05, 0) is 47.5 Å². The zero-order chi connectivity index (χ0) is 19.5. The number of anilines is 1. The highest BCUT2D eigenvalue weighted by Crippen LogP contribution is 2.19. The molecular weight excluding hydrogens is 348 g/mol. The predicted octanol–water partition coefficient (Wildman–Crippen LogP) is 3.93. The van der Waals surface area contributed by atoms with Gasteiger partial charge in [0.05, 0.1) is 6.42 Å². The van der Waals surface area contributed by atoms with Crippen LogP contribution in [0.25, 0.3) is 10.8 Å². The Morgan fingerprint density at radius 1 is 0.821 bits per heavy atom. The number of nitrogens with zero attached hydrogens (tertiary/aromatic N) is 2. The van der Waals surface area contributed by atoms with Gasteiger partial charge in [0.2, 0.25) is 5.91 Å². The second-order valence-corrected chi connectivity index (χ2v) is 7.33. The van der Waals surface area contributed by atoms with Crippen molar-refractivity contribution in [3.8, 4) is 0 Å². The lowest BCUT2D eigenvalue weighted by molar-refractivity contribution is -0.130. The quantitative estimate of drug-likeness (QED) is 0.652. The van der Waals surface area contributed by atoms with Crippen LogP contribution >= 0.6 is 0 Å². The molecule has 0 N–H and O–H groups in total. The van der Waals surface area contributed by atoms with Gasteiger partial charge < -0.3 is 9.80 Å². The average molecular weight is 372 g/mol. The second-order valence-electron chi connectivity index (χ2n) is 7.33. The molecule has 1 amide bonds. The summed E-state index contributed by atoms with van der Waals surface area (Å²) in [7, 11) is 0. The van der Waals surface area contributed by atoms with Gasteiger partial charge in [-0.25, -0.2) is 0 Å². The van der Waals surface area contributed by atoms with Crippen molar-refractivity contribution in [1.29, 1.82) is 0 Å². The maximum atomic E-state index is 12.7. The zero-order valence-corrected chi connectivity index (χ0v) is 16.1. The highest BCUT2D eigenvalue weighted by molar-refractivity contribution is 5.94. The molecule has 1 saturated heterocycles. The molecule has 0 unspecified atom stereocenters. The lowest BCUT2D eigenvalue weighted by atomic mass is 10.0. The monoisotopic (exact) mass is 372 g/mol. The van der Waals surface area contributed by atoms with E-state index >= 15 is 0 Å². The molecule has 0 atom stereocenters. The zero-order valence-electron chi connectivity index (χ0n) is 16.1. The van der Waals surface area contributed by atoms with Crippen LogP contribution in [0.1, 0.15) is 22.8 Å². The summed E-state index contributed by atoms with van der Waals surface area (Å²) in [5.41, 5.74) is 2.89. The summed E-state index contributed by atoms with van der Waals surface area (Å²) in [6.07, 6.45) is 0.443. The Morgan fingerprint density at radius 2 is 1.50 bits per heavy atom. The molecule has 0 aliphatic carbocycles. The lowest BCUT2D eigenvalue weighted by Gasteiger charge is -2.36. The van der Waals surface area contributed by atoms with Crippen molar-refractivity contribution in [2.45, 2.75) is 13.3 Å². The van der Waals surface area contributed by atoms with E-state index in [-0.39, 0.29) is 11.7 Å². The van der Waals surface area contributed by atoms with E-state index in [0.29, 0.717) is 6.42 Å². The third kappa shape index (κ3) is 3.91. The number of carbonyl (C=O) groups is 2. The van der Waals surface area contributed by atoms with Gasteiger partial charge in [-0.2, -0.15) is 0 Å². The maximum absolute atomic E-state index is 12.7. The van der Waals surface area contributed by atoms with Crippen LogP contribution in [0.2, 0.25) is 0 Å². The SMILES string of the molecule is CC(=O)c1ccc(N2CCN(C(=O)Cc3ccc4ccccc4c3)CC2)cc1. The predicted molar refractivity (Wildman–Crippen MR) is 113 cm³/mol. The number of rotatable bonds is 4. The number of amides is 1. The molecule has 1 aliphatic heterocycles. The number of Topliss-reactive ketones (excluding diaryl/α,β-unsaturated/α-hetero) is 1. The fraction of sp³-hybridized carbons (Fsp3) is 0.250. The van der Waals surface area contributed by atoms with E-state index in [0.717, 1.165) is 43.0 Å². The summed E-state index contributed by atoms with van der Waals surface area (Å²) in [5.74, 6) is 0.262. The minimum Gasteiger partial charge on any atom is -0.368 e. The molecule has 0 saturated carbocycles. The van der Waals surface area contributed by atoms with Crippen LogP contribution in [0.5, 0.6) is 0 Å². The van der Waals surface area contributed by atoms with Gasteiger partial charge in [0.1, 0.15) is 0 Å². The first kappa shape index (κ1) is 18.2. The number of hydrogen-bond acceptors (Lipinski definition) is 3. The van der Waals surface area contributed by atoms with E-state index in [4.69, 9.17) is 0 Å². The first-order chi connectivity index (χ1) is 13.6. The molecule has 3 aromatic carbocycles. The van der Waals surface area contributed by atoms with Gasteiger partial charge in [0, 0.05) is 37.4 Å². The highest BCUT2D eigenvalue weighted by atomic mass is 16.2. The number of fused-ring (bicyclic) bond motifs is 1. The highest BCUT2D eigenvalue weighted by Gasteiger charge is 2.21. The third-order valence-corrected chi connectivity index (χ3v) is 5.44. The number of piperazine rings is 1. The molecule has 0 spiro atoms. The fourth-order valence-corrected chi connectivity index (χ4v) is 3.76. The van der Waals surface area contributed by atoms with Crippen LogP contribution in [-0.2, 0) is 11.2 Å². The first-order valence-electron chi connectivity index (χ1n) is 9.71. The molecule has 0 bridgehead atoms. The summed E-state index contributed by atoms with van der Waals surface area (Å²) in [6, 6.07) is 22.2. The number of hydrogen-bond donors (Lipinski definition) is 0. The Bertz CT molecular complexity index is 1000. The van der Waals surface area contributed by atoms with E-state index in [9.17, 15) is 9.59 Å². The second kappa shape index (κ2) is 7.85. The first-order valence-corrected chi connectivity index (χ1v) is 9.71. The topological polar surface area (TPSA) is 40.6 Å². The van der Waals surface area contributed by atoms with Crippen LogP contribution in [0.4, 0.5) is 5.69 Å². The van der Waals surface area contributed by atoms with Gasteiger partial charge in [0.25, 0.3) is 0 Å². The molecule has 0 radical (unpaired) electrons. The van der Waals surface area contributed by atoms with Crippen LogP contribution in [0, 0.1) is 0 Å². The normalized spacial score (nSPS) is 14.3. The molecule has 4 rings (SSSR count). The Labute approximate surface area is 165 Å². The number of benzene rings is 3. The van der Waals surface area contributed by atoms with Gasteiger partial charge in [-0.15, -0.1) is 0 Å². The summed E-state index contributed by atoms with van der Waals surface area (Å²) in [5, 5.41) is 2.37. The van der Waals surface area contributed by atoms with Gasteiger partial charge >= 0.3 is 0 Å². The molecule has 3 aromatic rings. The van der Waals surface area contributed by atoms with Gasteiger partial charge in [0.15, 0.2) is 5.78 Å². The molecule has 28 heavy (non-hydrogen) atoms. The van der Waals surface area contributed by atoms with Crippen molar-refractivity contribution in [2.24, 2.45) is 0 Å². The van der Waals surface area contributed by atoms with Gasteiger partial charge in [-0.1, -0.05) is 42.5 Å². The van der Waals surface area contributed by atoms with E-state index in [2.05, 4.69) is 29.2 Å². The fourth-order valence-electron chi connectivity index (χ4n) is 3.76. The van der Waals surface area contributed by atoms with Crippen molar-refractivity contribution in [1.82, 2.24) is 4.90 Å². The Morgan fingerprint density at radius 3 is 2.18 bits per heavy atom. The summed E-state index contributed by atoms with van der Waals surface area (Å²) < 4.78 is 0. The molecule has 4 heteroatoms. The smallest absolute Gasteiger partial charge is 0.227 e. The Kier molecular flexibility index (Phi) is 5.11. The molecule has 142 valence electrons.